The largest absolute Gasteiger partial charge is 0.330 e. The Bertz CT molecular complexity index is 496. The molecule has 0 bridgehead atoms. The van der Waals surface area contributed by atoms with Crippen molar-refractivity contribution in [3.05, 3.63) is 29.3 Å². The third kappa shape index (κ3) is 6.51. The van der Waals surface area contributed by atoms with Crippen LogP contribution in [0.15, 0.2) is 18.2 Å². The molecule has 0 aromatic heterocycles. The molecule has 3 N–H and O–H groups in total. The van der Waals surface area contributed by atoms with E-state index in [0.29, 0.717) is 6.54 Å². The summed E-state index contributed by atoms with van der Waals surface area (Å²) in [6, 6.07) is 6.13. The maximum atomic E-state index is 12.0. The number of carbonyl (C=O) groups excluding carboxylic acids is 1. The molecule has 0 radical (unpaired) electrons. The molecule has 1 aromatic carbocycles. The second-order valence-corrected chi connectivity index (χ2v) is 6.83. The highest BCUT2D eigenvalue weighted by molar-refractivity contribution is 7.99. The van der Waals surface area contributed by atoms with Crippen molar-refractivity contribution in [1.29, 1.82) is 0 Å². The third-order valence-electron chi connectivity index (χ3n) is 4.00. The van der Waals surface area contributed by atoms with Crippen LogP contribution in [0, 0.1) is 12.8 Å². The molecule has 132 valence electrons. The van der Waals surface area contributed by atoms with Crippen molar-refractivity contribution >= 4 is 48.2 Å². The predicted molar refractivity (Wildman–Crippen MR) is 105 cm³/mol. The normalized spacial score (nSPS) is 16.0. The number of halogens is 2. The standard InChI is InChI=1S/C16H25N3OS.2ClH/c1-12(10-17)16(20)18-15-5-3-4-14(13(15)2)11-19-6-8-21-9-7-19;;/h3-5,12H,6-11,17H2,1-2H3,(H,18,20);2*1H. The van der Waals surface area contributed by atoms with Crippen molar-refractivity contribution in [1.82, 2.24) is 4.90 Å². The van der Waals surface area contributed by atoms with Crippen LogP contribution in [0.25, 0.3) is 0 Å². The summed E-state index contributed by atoms with van der Waals surface area (Å²) in [7, 11) is 0. The van der Waals surface area contributed by atoms with Gasteiger partial charge in [0.2, 0.25) is 5.91 Å². The summed E-state index contributed by atoms with van der Waals surface area (Å²) >= 11 is 2.02. The van der Waals surface area contributed by atoms with Gasteiger partial charge in [0.1, 0.15) is 0 Å². The first-order valence-electron chi connectivity index (χ1n) is 7.51. The molecule has 1 aromatic rings. The molecule has 1 aliphatic heterocycles. The summed E-state index contributed by atoms with van der Waals surface area (Å²) in [6.07, 6.45) is 0. The summed E-state index contributed by atoms with van der Waals surface area (Å²) in [4.78, 5) is 14.5. The Morgan fingerprint density at radius 3 is 2.61 bits per heavy atom. The van der Waals surface area contributed by atoms with E-state index in [4.69, 9.17) is 5.73 Å². The molecule has 7 heteroatoms. The minimum Gasteiger partial charge on any atom is -0.330 e. The minimum atomic E-state index is -0.160. The number of amides is 1. The molecule has 23 heavy (non-hydrogen) atoms. The second-order valence-electron chi connectivity index (χ2n) is 5.60. The van der Waals surface area contributed by atoms with Gasteiger partial charge >= 0.3 is 0 Å². The summed E-state index contributed by atoms with van der Waals surface area (Å²) in [5.41, 5.74) is 8.91. The van der Waals surface area contributed by atoms with Crippen molar-refractivity contribution in [2.24, 2.45) is 11.7 Å². The number of nitrogens with zero attached hydrogens (tertiary/aromatic N) is 1. The number of benzene rings is 1. The van der Waals surface area contributed by atoms with Crippen LogP contribution in [-0.2, 0) is 11.3 Å². The molecule has 0 saturated carbocycles. The van der Waals surface area contributed by atoms with Crippen molar-refractivity contribution in [3.8, 4) is 0 Å². The average molecular weight is 380 g/mol. The molecule has 4 nitrogen and oxygen atoms in total. The monoisotopic (exact) mass is 379 g/mol. The maximum absolute atomic E-state index is 12.0. The number of thioether (sulfide) groups is 1. The van der Waals surface area contributed by atoms with Crippen LogP contribution in [0.5, 0.6) is 0 Å². The molecular formula is C16H27Cl2N3OS. The lowest BCUT2D eigenvalue weighted by Crippen LogP contribution is -2.32. The first-order chi connectivity index (χ1) is 10.1. The van der Waals surface area contributed by atoms with Crippen molar-refractivity contribution in [3.63, 3.8) is 0 Å². The second kappa shape index (κ2) is 11.2. The van der Waals surface area contributed by atoms with Crippen molar-refractivity contribution in [2.45, 2.75) is 20.4 Å². The van der Waals surface area contributed by atoms with E-state index in [1.54, 1.807) is 0 Å². The molecule has 1 aliphatic rings. The fourth-order valence-corrected chi connectivity index (χ4v) is 3.33. The average Bonchev–Trinajstić information content (AvgIpc) is 2.51. The molecule has 2 rings (SSSR count). The van der Waals surface area contributed by atoms with Gasteiger partial charge in [-0.3, -0.25) is 9.69 Å². The molecule has 1 amide bonds. The minimum absolute atomic E-state index is 0. The van der Waals surface area contributed by atoms with Crippen LogP contribution in [-0.4, -0.2) is 41.9 Å². The molecule has 0 spiro atoms. The zero-order chi connectivity index (χ0) is 15.2. The molecule has 1 atom stereocenters. The van der Waals surface area contributed by atoms with Crippen LogP contribution in [0.4, 0.5) is 5.69 Å². The zero-order valence-corrected chi connectivity index (χ0v) is 16.2. The van der Waals surface area contributed by atoms with E-state index in [1.165, 1.54) is 17.1 Å². The highest BCUT2D eigenvalue weighted by Crippen LogP contribution is 2.22. The number of nitrogens with two attached hydrogens (primary N) is 1. The zero-order valence-electron chi connectivity index (χ0n) is 13.7. The molecule has 1 fully saturated rings. The molecular weight excluding hydrogens is 353 g/mol. The topological polar surface area (TPSA) is 58.4 Å². The number of rotatable bonds is 5. The van der Waals surface area contributed by atoms with E-state index < -0.39 is 0 Å². The fraction of sp³-hybridized carbons (Fsp3) is 0.562. The Hall–Kier alpha value is -0.460. The van der Waals surface area contributed by atoms with Crippen LogP contribution in [0.3, 0.4) is 0 Å². The Balaban J connectivity index is 0.00000242. The van der Waals surface area contributed by atoms with E-state index >= 15 is 0 Å². The number of hydrogen-bond donors (Lipinski definition) is 2. The fourth-order valence-electron chi connectivity index (χ4n) is 2.35. The Labute approximate surface area is 155 Å². The van der Waals surface area contributed by atoms with Crippen molar-refractivity contribution in [2.75, 3.05) is 36.5 Å². The Morgan fingerprint density at radius 1 is 1.35 bits per heavy atom. The van der Waals surface area contributed by atoms with Crippen LogP contribution in [0.2, 0.25) is 0 Å². The van der Waals surface area contributed by atoms with Crippen LogP contribution in [0.1, 0.15) is 18.1 Å². The van der Waals surface area contributed by atoms with Gasteiger partial charge in [0.05, 0.1) is 0 Å². The van der Waals surface area contributed by atoms with Crippen LogP contribution >= 0.6 is 36.6 Å². The Kier molecular flexibility index (Phi) is 10.9. The third-order valence-corrected chi connectivity index (χ3v) is 4.95. The predicted octanol–water partition coefficient (Wildman–Crippen LogP) is 2.92. The lowest BCUT2D eigenvalue weighted by Gasteiger charge is -2.27. The van der Waals surface area contributed by atoms with Gasteiger partial charge in [0.25, 0.3) is 0 Å². The number of carbonyl (C=O) groups is 1. The van der Waals surface area contributed by atoms with Crippen LogP contribution < -0.4 is 11.1 Å². The number of anilines is 1. The highest BCUT2D eigenvalue weighted by atomic mass is 35.5. The first-order valence-corrected chi connectivity index (χ1v) is 8.66. The van der Waals surface area contributed by atoms with E-state index in [1.807, 2.05) is 30.8 Å². The smallest absolute Gasteiger partial charge is 0.228 e. The maximum Gasteiger partial charge on any atom is 0.228 e. The quantitative estimate of drug-likeness (QED) is 0.825. The summed E-state index contributed by atoms with van der Waals surface area (Å²) in [5, 5.41) is 3.00. The highest BCUT2D eigenvalue weighted by Gasteiger charge is 2.15. The van der Waals surface area contributed by atoms with Gasteiger partial charge in [-0.15, -0.1) is 24.8 Å². The van der Waals surface area contributed by atoms with Gasteiger partial charge in [-0.1, -0.05) is 19.1 Å². The van der Waals surface area contributed by atoms with Gasteiger partial charge in [0, 0.05) is 49.3 Å². The molecule has 1 saturated heterocycles. The summed E-state index contributed by atoms with van der Waals surface area (Å²) in [5.74, 6) is 2.26. The SMILES string of the molecule is Cc1c(CN2CCSCC2)cccc1NC(=O)C(C)CN.Cl.Cl. The number of hydrogen-bond acceptors (Lipinski definition) is 4. The molecule has 1 heterocycles. The summed E-state index contributed by atoms with van der Waals surface area (Å²) < 4.78 is 0. The van der Waals surface area contributed by atoms with Crippen molar-refractivity contribution < 1.29 is 4.79 Å². The van der Waals surface area contributed by atoms with Gasteiger partial charge in [-0.2, -0.15) is 11.8 Å². The van der Waals surface area contributed by atoms with Gasteiger partial charge in [-0.05, 0) is 24.1 Å². The Morgan fingerprint density at radius 2 is 2.00 bits per heavy atom. The first kappa shape index (κ1) is 22.5. The molecule has 1 unspecified atom stereocenters. The lowest BCUT2D eigenvalue weighted by molar-refractivity contribution is -0.119. The lowest BCUT2D eigenvalue weighted by atomic mass is 10.0. The van der Waals surface area contributed by atoms with Gasteiger partial charge in [0.15, 0.2) is 0 Å². The number of nitrogens with one attached hydrogen (secondary N) is 1. The van der Waals surface area contributed by atoms with E-state index in [0.717, 1.165) is 30.9 Å². The van der Waals surface area contributed by atoms with E-state index in [2.05, 4.69) is 23.2 Å². The van der Waals surface area contributed by atoms with E-state index in [-0.39, 0.29) is 36.6 Å². The molecule has 0 aliphatic carbocycles. The van der Waals surface area contributed by atoms with Gasteiger partial charge in [-0.25, -0.2) is 0 Å². The van der Waals surface area contributed by atoms with Gasteiger partial charge < -0.3 is 11.1 Å². The van der Waals surface area contributed by atoms with E-state index in [9.17, 15) is 4.79 Å². The summed E-state index contributed by atoms with van der Waals surface area (Å²) in [6.45, 7) is 7.55.